The third-order valence-electron chi connectivity index (χ3n) is 4.95. The normalized spacial score (nSPS) is 15.0. The highest BCUT2D eigenvalue weighted by molar-refractivity contribution is 6.31. The van der Waals surface area contributed by atoms with Crippen molar-refractivity contribution in [3.63, 3.8) is 0 Å². The van der Waals surface area contributed by atoms with Crippen LogP contribution in [0.5, 0.6) is 0 Å². The third kappa shape index (κ3) is 3.40. The predicted octanol–water partition coefficient (Wildman–Crippen LogP) is 5.77. The number of amides is 1. The number of rotatable bonds is 2. The number of H-pyrrole nitrogens is 1. The number of fused-ring (bicyclic) bond motifs is 1. The molecule has 7 heteroatoms. The van der Waals surface area contributed by atoms with Gasteiger partial charge in [0.25, 0.3) is 5.91 Å². The Bertz CT molecular complexity index is 1080. The molecule has 144 valence electrons. The summed E-state index contributed by atoms with van der Waals surface area (Å²) in [6, 6.07) is 10.5. The van der Waals surface area contributed by atoms with Crippen LogP contribution in [-0.4, -0.2) is 28.9 Å². The Labute approximate surface area is 164 Å². The van der Waals surface area contributed by atoms with Gasteiger partial charge in [-0.05, 0) is 42.3 Å². The molecule has 0 unspecified atom stereocenters. The highest BCUT2D eigenvalue weighted by atomic mass is 35.5. The number of hydrogen-bond donors (Lipinski definition) is 1. The van der Waals surface area contributed by atoms with E-state index < -0.39 is 17.6 Å². The average Bonchev–Trinajstić information content (AvgIpc) is 3.10. The molecule has 1 amide bonds. The SMILES string of the molecule is O=C(c1ccccc1C(F)(F)F)N1CC=C(c2c[nH]c3ccc(Cl)cc23)CC1. The molecule has 3 aromatic rings. The molecule has 4 rings (SSSR count). The zero-order chi connectivity index (χ0) is 19.9. The van der Waals surface area contributed by atoms with E-state index in [1.165, 1.54) is 23.1 Å². The highest BCUT2D eigenvalue weighted by Crippen LogP contribution is 2.34. The molecule has 0 atom stereocenters. The number of carbonyl (C=O) groups excluding carboxylic acids is 1. The molecule has 1 aliphatic rings. The van der Waals surface area contributed by atoms with Gasteiger partial charge in [0, 0.05) is 40.8 Å². The van der Waals surface area contributed by atoms with Gasteiger partial charge in [0.1, 0.15) is 0 Å². The van der Waals surface area contributed by atoms with Gasteiger partial charge in [0.15, 0.2) is 0 Å². The Morgan fingerprint density at radius 1 is 1.14 bits per heavy atom. The first kappa shape index (κ1) is 18.6. The molecule has 1 N–H and O–H groups in total. The fraction of sp³-hybridized carbons (Fsp3) is 0.190. The van der Waals surface area contributed by atoms with Crippen molar-refractivity contribution in [2.24, 2.45) is 0 Å². The van der Waals surface area contributed by atoms with E-state index in [0.29, 0.717) is 18.0 Å². The van der Waals surface area contributed by atoms with Crippen molar-refractivity contribution < 1.29 is 18.0 Å². The molecule has 0 spiro atoms. The van der Waals surface area contributed by atoms with Crippen LogP contribution in [0.3, 0.4) is 0 Å². The van der Waals surface area contributed by atoms with E-state index in [4.69, 9.17) is 11.6 Å². The summed E-state index contributed by atoms with van der Waals surface area (Å²) in [5.41, 5.74) is 1.78. The van der Waals surface area contributed by atoms with Crippen molar-refractivity contribution in [2.45, 2.75) is 12.6 Å². The minimum absolute atomic E-state index is 0.258. The second-order valence-corrected chi connectivity index (χ2v) is 7.10. The summed E-state index contributed by atoms with van der Waals surface area (Å²) in [5, 5.41) is 1.62. The fourth-order valence-electron chi connectivity index (χ4n) is 3.54. The number of carbonyl (C=O) groups is 1. The zero-order valence-electron chi connectivity index (χ0n) is 14.7. The van der Waals surface area contributed by atoms with Crippen molar-refractivity contribution in [3.8, 4) is 0 Å². The first-order chi connectivity index (χ1) is 13.3. The minimum Gasteiger partial charge on any atom is -0.361 e. The summed E-state index contributed by atoms with van der Waals surface area (Å²) < 4.78 is 39.6. The molecule has 1 aromatic heterocycles. The van der Waals surface area contributed by atoms with E-state index in [0.717, 1.165) is 28.1 Å². The van der Waals surface area contributed by atoms with Crippen LogP contribution in [0.15, 0.2) is 54.7 Å². The molecule has 2 heterocycles. The van der Waals surface area contributed by atoms with E-state index in [9.17, 15) is 18.0 Å². The van der Waals surface area contributed by atoms with Gasteiger partial charge < -0.3 is 9.88 Å². The van der Waals surface area contributed by atoms with E-state index >= 15 is 0 Å². The summed E-state index contributed by atoms with van der Waals surface area (Å²) >= 11 is 6.09. The molecular formula is C21H16ClF3N2O. The molecule has 0 radical (unpaired) electrons. The molecular weight excluding hydrogens is 389 g/mol. The van der Waals surface area contributed by atoms with Crippen LogP contribution < -0.4 is 0 Å². The lowest BCUT2D eigenvalue weighted by atomic mass is 9.98. The van der Waals surface area contributed by atoms with Crippen molar-refractivity contribution >= 4 is 34.0 Å². The molecule has 2 aromatic carbocycles. The van der Waals surface area contributed by atoms with Gasteiger partial charge in [-0.25, -0.2) is 0 Å². The van der Waals surface area contributed by atoms with Crippen LogP contribution in [0.1, 0.15) is 27.9 Å². The summed E-state index contributed by atoms with van der Waals surface area (Å²) in [6.45, 7) is 0.609. The number of aromatic nitrogens is 1. The number of nitrogens with one attached hydrogen (secondary N) is 1. The number of nitrogens with zero attached hydrogens (tertiary/aromatic N) is 1. The molecule has 0 saturated carbocycles. The zero-order valence-corrected chi connectivity index (χ0v) is 15.4. The minimum atomic E-state index is -4.56. The predicted molar refractivity (Wildman–Crippen MR) is 103 cm³/mol. The first-order valence-corrected chi connectivity index (χ1v) is 9.14. The van der Waals surface area contributed by atoms with Crippen molar-refractivity contribution in [1.29, 1.82) is 0 Å². The summed E-state index contributed by atoms with van der Waals surface area (Å²) in [6.07, 6.45) is -0.226. The van der Waals surface area contributed by atoms with Gasteiger partial charge in [-0.15, -0.1) is 0 Å². The number of aromatic amines is 1. The average molecular weight is 405 g/mol. The Balaban J connectivity index is 1.59. The van der Waals surface area contributed by atoms with E-state index in [2.05, 4.69) is 4.98 Å². The molecule has 28 heavy (non-hydrogen) atoms. The molecule has 1 aliphatic heterocycles. The van der Waals surface area contributed by atoms with Gasteiger partial charge in [-0.3, -0.25) is 4.79 Å². The maximum absolute atomic E-state index is 13.2. The van der Waals surface area contributed by atoms with E-state index in [-0.39, 0.29) is 12.1 Å². The smallest absolute Gasteiger partial charge is 0.361 e. The Kier molecular flexibility index (Phi) is 4.67. The topological polar surface area (TPSA) is 36.1 Å². The lowest BCUT2D eigenvalue weighted by molar-refractivity contribution is -0.138. The largest absolute Gasteiger partial charge is 0.417 e. The van der Waals surface area contributed by atoms with Gasteiger partial charge in [0.2, 0.25) is 0 Å². The van der Waals surface area contributed by atoms with Crippen LogP contribution in [0, 0.1) is 0 Å². The Hall–Kier alpha value is -2.73. The van der Waals surface area contributed by atoms with Crippen LogP contribution in [-0.2, 0) is 6.18 Å². The summed E-state index contributed by atoms with van der Waals surface area (Å²) in [7, 11) is 0. The molecule has 0 aliphatic carbocycles. The molecule has 0 bridgehead atoms. The van der Waals surface area contributed by atoms with Crippen LogP contribution in [0.25, 0.3) is 16.5 Å². The first-order valence-electron chi connectivity index (χ1n) is 8.76. The lowest BCUT2D eigenvalue weighted by Crippen LogP contribution is -2.35. The van der Waals surface area contributed by atoms with Crippen LogP contribution in [0.4, 0.5) is 13.2 Å². The van der Waals surface area contributed by atoms with E-state index in [1.54, 1.807) is 6.07 Å². The molecule has 0 fully saturated rings. The number of benzene rings is 2. The quantitative estimate of drug-likeness (QED) is 0.578. The summed E-state index contributed by atoms with van der Waals surface area (Å²) in [4.78, 5) is 17.3. The van der Waals surface area contributed by atoms with Crippen molar-refractivity contribution in [1.82, 2.24) is 9.88 Å². The Morgan fingerprint density at radius 3 is 2.64 bits per heavy atom. The Morgan fingerprint density at radius 2 is 1.93 bits per heavy atom. The fourth-order valence-corrected chi connectivity index (χ4v) is 3.72. The van der Waals surface area contributed by atoms with E-state index in [1.807, 2.05) is 24.4 Å². The summed E-state index contributed by atoms with van der Waals surface area (Å²) in [5.74, 6) is -0.606. The van der Waals surface area contributed by atoms with Gasteiger partial charge in [0.05, 0.1) is 11.1 Å². The lowest BCUT2D eigenvalue weighted by Gasteiger charge is -2.27. The number of halogens is 4. The van der Waals surface area contributed by atoms with Crippen molar-refractivity contribution in [3.05, 3.63) is 76.5 Å². The van der Waals surface area contributed by atoms with Crippen molar-refractivity contribution in [2.75, 3.05) is 13.1 Å². The second-order valence-electron chi connectivity index (χ2n) is 6.67. The standard InChI is InChI=1S/C21H16ClF3N2O/c22-14-5-6-19-16(11-14)17(12-26-19)13-7-9-27(10-8-13)20(28)15-3-1-2-4-18(15)21(23,24)25/h1-7,11-12,26H,8-10H2. The van der Waals surface area contributed by atoms with Gasteiger partial charge >= 0.3 is 6.18 Å². The van der Waals surface area contributed by atoms with Gasteiger partial charge in [-0.2, -0.15) is 13.2 Å². The maximum Gasteiger partial charge on any atom is 0.417 e. The third-order valence-corrected chi connectivity index (χ3v) is 5.18. The van der Waals surface area contributed by atoms with Crippen LogP contribution in [0.2, 0.25) is 5.02 Å². The monoisotopic (exact) mass is 404 g/mol. The molecule has 3 nitrogen and oxygen atoms in total. The molecule has 0 saturated heterocycles. The number of alkyl halides is 3. The maximum atomic E-state index is 13.2. The van der Waals surface area contributed by atoms with Crippen LogP contribution >= 0.6 is 11.6 Å². The van der Waals surface area contributed by atoms with Gasteiger partial charge in [-0.1, -0.05) is 29.8 Å². The highest BCUT2D eigenvalue weighted by Gasteiger charge is 2.36. The second kappa shape index (κ2) is 7.02. The number of hydrogen-bond acceptors (Lipinski definition) is 1.